The summed E-state index contributed by atoms with van der Waals surface area (Å²) < 4.78 is 0. The lowest BCUT2D eigenvalue weighted by molar-refractivity contribution is -0.142. The van der Waals surface area contributed by atoms with Crippen molar-refractivity contribution in [2.45, 2.75) is 44.8 Å². The van der Waals surface area contributed by atoms with Gasteiger partial charge < -0.3 is 31.4 Å². The molecule has 2 aromatic rings. The van der Waals surface area contributed by atoms with Gasteiger partial charge in [0.15, 0.2) is 0 Å². The second-order valence-corrected chi connectivity index (χ2v) is 6.80. The largest absolute Gasteiger partial charge is 0.480 e. The van der Waals surface area contributed by atoms with Gasteiger partial charge in [-0.3, -0.25) is 9.59 Å². The first-order valence-electron chi connectivity index (χ1n) is 8.81. The molecule has 7 N–H and O–H groups in total. The van der Waals surface area contributed by atoms with Crippen molar-refractivity contribution in [2.24, 2.45) is 11.7 Å². The average molecular weight is 391 g/mol. The van der Waals surface area contributed by atoms with Crippen LogP contribution in [-0.4, -0.2) is 61.0 Å². The average Bonchev–Trinajstić information content (AvgIpc) is 3.32. The van der Waals surface area contributed by atoms with E-state index in [1.165, 1.54) is 18.9 Å². The molecule has 0 spiro atoms. The van der Waals surface area contributed by atoms with Crippen molar-refractivity contribution in [1.29, 1.82) is 0 Å². The molecule has 0 aliphatic heterocycles. The zero-order valence-electron chi connectivity index (χ0n) is 15.7. The summed E-state index contributed by atoms with van der Waals surface area (Å²) in [6, 6.07) is -2.97. The molecule has 2 heterocycles. The number of aliphatic carboxylic acids is 1. The molecule has 0 saturated carbocycles. The smallest absolute Gasteiger partial charge is 0.326 e. The van der Waals surface area contributed by atoms with E-state index in [0.29, 0.717) is 11.4 Å². The highest BCUT2D eigenvalue weighted by molar-refractivity contribution is 5.92. The number of amides is 2. The topological polar surface area (TPSA) is 179 Å². The van der Waals surface area contributed by atoms with E-state index in [2.05, 4.69) is 30.6 Å². The maximum atomic E-state index is 12.6. The third-order valence-corrected chi connectivity index (χ3v) is 4.17. The number of carbonyl (C=O) groups is 3. The first-order chi connectivity index (χ1) is 13.3. The molecule has 11 heteroatoms. The summed E-state index contributed by atoms with van der Waals surface area (Å²) in [5, 5.41) is 14.5. The summed E-state index contributed by atoms with van der Waals surface area (Å²) in [6.07, 6.45) is 6.23. The number of H-pyrrole nitrogens is 2. The standard InChI is InChI=1S/C17H25N7O4/c1-9(2)14(24-15(25)12(18)3-10-5-19-7-21-10)16(26)23-13(17(27)28)4-11-6-20-8-22-11/h5-9,12-14H,3-4,18H2,1-2H3,(H,19,21)(H,20,22)(H,23,26)(H,24,25)(H,27,28)/t12-,13-,14-/m0/s1. The SMILES string of the molecule is CC(C)[C@H](NC(=O)[C@@H](N)Cc1cnc[nH]1)C(=O)N[C@@H](Cc1cnc[nH]1)C(=O)O. The van der Waals surface area contributed by atoms with Crippen LogP contribution in [0, 0.1) is 5.92 Å². The highest BCUT2D eigenvalue weighted by Crippen LogP contribution is 2.06. The van der Waals surface area contributed by atoms with Gasteiger partial charge in [-0.05, 0) is 5.92 Å². The number of hydrogen-bond donors (Lipinski definition) is 6. The van der Waals surface area contributed by atoms with Crippen LogP contribution in [-0.2, 0) is 27.2 Å². The molecule has 2 aromatic heterocycles. The van der Waals surface area contributed by atoms with E-state index in [9.17, 15) is 19.5 Å². The number of hydrogen-bond acceptors (Lipinski definition) is 6. The Kier molecular flexibility index (Phi) is 7.27. The van der Waals surface area contributed by atoms with E-state index in [0.717, 1.165) is 0 Å². The van der Waals surface area contributed by atoms with Crippen molar-refractivity contribution in [3.63, 3.8) is 0 Å². The number of nitrogens with two attached hydrogens (primary N) is 1. The minimum Gasteiger partial charge on any atom is -0.480 e. The van der Waals surface area contributed by atoms with Gasteiger partial charge in [-0.2, -0.15) is 0 Å². The Labute approximate surface area is 161 Å². The lowest BCUT2D eigenvalue weighted by Crippen LogP contribution is -2.57. The van der Waals surface area contributed by atoms with Gasteiger partial charge in [0.1, 0.15) is 12.1 Å². The maximum absolute atomic E-state index is 12.6. The van der Waals surface area contributed by atoms with Crippen LogP contribution in [0.1, 0.15) is 25.2 Å². The number of aromatic nitrogens is 4. The zero-order chi connectivity index (χ0) is 20.7. The summed E-state index contributed by atoms with van der Waals surface area (Å²) >= 11 is 0. The second-order valence-electron chi connectivity index (χ2n) is 6.80. The molecule has 11 nitrogen and oxygen atoms in total. The maximum Gasteiger partial charge on any atom is 0.326 e. The van der Waals surface area contributed by atoms with Gasteiger partial charge in [-0.15, -0.1) is 0 Å². The van der Waals surface area contributed by atoms with Crippen molar-refractivity contribution < 1.29 is 19.5 Å². The highest BCUT2D eigenvalue weighted by Gasteiger charge is 2.30. The molecule has 0 aliphatic carbocycles. The highest BCUT2D eigenvalue weighted by atomic mass is 16.4. The van der Waals surface area contributed by atoms with Crippen molar-refractivity contribution in [3.05, 3.63) is 36.4 Å². The summed E-state index contributed by atoms with van der Waals surface area (Å²) in [7, 11) is 0. The predicted octanol–water partition coefficient (Wildman–Crippen LogP) is -1.04. The van der Waals surface area contributed by atoms with Gasteiger partial charge in [0, 0.05) is 36.6 Å². The quantitative estimate of drug-likeness (QED) is 0.299. The van der Waals surface area contributed by atoms with Crippen molar-refractivity contribution in [3.8, 4) is 0 Å². The fourth-order valence-corrected chi connectivity index (χ4v) is 2.60. The van der Waals surface area contributed by atoms with Gasteiger partial charge >= 0.3 is 5.97 Å². The molecule has 2 rings (SSSR count). The number of carboxylic acids is 1. The van der Waals surface area contributed by atoms with Crippen molar-refractivity contribution in [1.82, 2.24) is 30.6 Å². The van der Waals surface area contributed by atoms with Gasteiger partial charge in [-0.1, -0.05) is 13.8 Å². The zero-order valence-corrected chi connectivity index (χ0v) is 15.7. The van der Waals surface area contributed by atoms with Crippen molar-refractivity contribution >= 4 is 17.8 Å². The molecular weight excluding hydrogens is 366 g/mol. The molecule has 152 valence electrons. The normalized spacial score (nSPS) is 14.3. The van der Waals surface area contributed by atoms with Crippen LogP contribution < -0.4 is 16.4 Å². The minimum atomic E-state index is -1.19. The molecule has 0 saturated heterocycles. The van der Waals surface area contributed by atoms with Crippen LogP contribution in [0.5, 0.6) is 0 Å². The van der Waals surface area contributed by atoms with E-state index in [1.54, 1.807) is 20.0 Å². The number of imidazole rings is 2. The Bertz CT molecular complexity index is 774. The number of rotatable bonds is 10. The van der Waals surface area contributed by atoms with Gasteiger partial charge in [0.2, 0.25) is 11.8 Å². The third kappa shape index (κ3) is 5.91. The van der Waals surface area contributed by atoms with Crippen LogP contribution in [0.25, 0.3) is 0 Å². The molecule has 0 radical (unpaired) electrons. The fourth-order valence-electron chi connectivity index (χ4n) is 2.60. The van der Waals surface area contributed by atoms with E-state index in [1.807, 2.05) is 0 Å². The Morgan fingerprint density at radius 3 is 2.07 bits per heavy atom. The first kappa shape index (κ1) is 21.1. The number of nitrogens with one attached hydrogen (secondary N) is 4. The molecule has 0 bridgehead atoms. The molecule has 0 aromatic carbocycles. The summed E-state index contributed by atoms with van der Waals surface area (Å²) in [6.45, 7) is 3.49. The van der Waals surface area contributed by atoms with E-state index in [-0.39, 0.29) is 18.8 Å². The van der Waals surface area contributed by atoms with Crippen LogP contribution in [0.15, 0.2) is 25.0 Å². The molecule has 0 unspecified atom stereocenters. The van der Waals surface area contributed by atoms with E-state index in [4.69, 9.17) is 5.73 Å². The number of nitrogens with zero attached hydrogens (tertiary/aromatic N) is 2. The Balaban J connectivity index is 1.99. The summed E-state index contributed by atoms with van der Waals surface area (Å²) in [4.78, 5) is 49.9. The molecule has 28 heavy (non-hydrogen) atoms. The Morgan fingerprint density at radius 2 is 1.61 bits per heavy atom. The first-order valence-corrected chi connectivity index (χ1v) is 8.81. The van der Waals surface area contributed by atoms with Crippen LogP contribution in [0.2, 0.25) is 0 Å². The van der Waals surface area contributed by atoms with Gasteiger partial charge in [0.05, 0.1) is 18.7 Å². The number of aromatic amines is 2. The molecule has 3 atom stereocenters. The van der Waals surface area contributed by atoms with Gasteiger partial charge in [0.25, 0.3) is 0 Å². The Hall–Kier alpha value is -3.21. The lowest BCUT2D eigenvalue weighted by atomic mass is 10.0. The minimum absolute atomic E-state index is 0.0408. The predicted molar refractivity (Wildman–Crippen MR) is 98.9 cm³/mol. The van der Waals surface area contributed by atoms with Crippen LogP contribution in [0.3, 0.4) is 0 Å². The second kappa shape index (κ2) is 9.65. The summed E-state index contributed by atoms with van der Waals surface area (Å²) in [5.74, 6) is -2.56. The van der Waals surface area contributed by atoms with E-state index < -0.39 is 35.9 Å². The fraction of sp³-hybridized carbons (Fsp3) is 0.471. The Morgan fingerprint density at radius 1 is 1.04 bits per heavy atom. The van der Waals surface area contributed by atoms with E-state index >= 15 is 0 Å². The molecule has 0 fully saturated rings. The van der Waals surface area contributed by atoms with Crippen LogP contribution in [0.4, 0.5) is 0 Å². The van der Waals surface area contributed by atoms with Gasteiger partial charge in [-0.25, -0.2) is 14.8 Å². The monoisotopic (exact) mass is 391 g/mol. The summed E-state index contributed by atoms with van der Waals surface area (Å²) in [5.41, 5.74) is 7.16. The molecular formula is C17H25N7O4. The molecule has 2 amide bonds. The number of carboxylic acid groups (broad SMARTS) is 1. The molecule has 0 aliphatic rings. The third-order valence-electron chi connectivity index (χ3n) is 4.17. The van der Waals surface area contributed by atoms with Crippen LogP contribution >= 0.6 is 0 Å². The van der Waals surface area contributed by atoms with Crippen molar-refractivity contribution in [2.75, 3.05) is 0 Å². The lowest BCUT2D eigenvalue weighted by Gasteiger charge is -2.25. The number of carbonyl (C=O) groups excluding carboxylic acids is 2.